The smallest absolute Gasteiger partial charge is 0.170 e. The minimum Gasteiger partial charge on any atom is -0.455 e. The standard InChI is InChI=1S/C15H17FO3/c1-18-15(7-2-3-8-15)14(17)12-9-10-5-4-6-11(16)13(10)19-12/h4-6,9,14,17H,2-3,7-8H2,1H3. The molecule has 1 fully saturated rings. The van der Waals surface area contributed by atoms with Crippen molar-refractivity contribution in [3.8, 4) is 0 Å². The van der Waals surface area contributed by atoms with Crippen LogP contribution in [0, 0.1) is 5.82 Å². The van der Waals surface area contributed by atoms with Gasteiger partial charge in [-0.25, -0.2) is 4.39 Å². The van der Waals surface area contributed by atoms with E-state index in [4.69, 9.17) is 9.15 Å². The van der Waals surface area contributed by atoms with Gasteiger partial charge in [-0.2, -0.15) is 0 Å². The molecule has 0 amide bonds. The van der Waals surface area contributed by atoms with Crippen LogP contribution in [0.5, 0.6) is 0 Å². The largest absolute Gasteiger partial charge is 0.455 e. The molecule has 0 saturated heterocycles. The molecular formula is C15H17FO3. The van der Waals surface area contributed by atoms with Gasteiger partial charge in [-0.3, -0.25) is 0 Å². The number of rotatable bonds is 3. The maximum atomic E-state index is 13.6. The highest BCUT2D eigenvalue weighted by atomic mass is 19.1. The van der Waals surface area contributed by atoms with E-state index in [9.17, 15) is 9.50 Å². The van der Waals surface area contributed by atoms with Gasteiger partial charge in [0.25, 0.3) is 0 Å². The summed E-state index contributed by atoms with van der Waals surface area (Å²) in [6.45, 7) is 0. The van der Waals surface area contributed by atoms with Crippen molar-refractivity contribution in [3.05, 3.63) is 35.8 Å². The Bertz CT molecular complexity index is 584. The molecule has 1 N–H and O–H groups in total. The lowest BCUT2D eigenvalue weighted by atomic mass is 9.92. The quantitative estimate of drug-likeness (QED) is 0.921. The third-order valence-corrected chi connectivity index (χ3v) is 4.14. The molecule has 1 unspecified atom stereocenters. The van der Waals surface area contributed by atoms with Crippen LogP contribution in [0.4, 0.5) is 4.39 Å². The fraction of sp³-hybridized carbons (Fsp3) is 0.467. The third kappa shape index (κ3) is 1.95. The predicted molar refractivity (Wildman–Crippen MR) is 69.3 cm³/mol. The van der Waals surface area contributed by atoms with Gasteiger partial charge in [0.15, 0.2) is 11.4 Å². The molecule has 1 aliphatic carbocycles. The Morgan fingerprint density at radius 1 is 1.37 bits per heavy atom. The van der Waals surface area contributed by atoms with Gasteiger partial charge in [0.05, 0.1) is 0 Å². The van der Waals surface area contributed by atoms with E-state index < -0.39 is 17.5 Å². The van der Waals surface area contributed by atoms with Crippen LogP contribution in [-0.4, -0.2) is 17.8 Å². The monoisotopic (exact) mass is 264 g/mol. The van der Waals surface area contributed by atoms with E-state index in [1.165, 1.54) is 6.07 Å². The van der Waals surface area contributed by atoms with Crippen LogP contribution in [0.1, 0.15) is 37.5 Å². The van der Waals surface area contributed by atoms with Crippen LogP contribution >= 0.6 is 0 Å². The number of halogens is 1. The van der Waals surface area contributed by atoms with Crippen molar-refractivity contribution in [2.24, 2.45) is 0 Å². The Kier molecular flexibility index (Phi) is 3.07. The van der Waals surface area contributed by atoms with Crippen molar-refractivity contribution >= 4 is 11.0 Å². The summed E-state index contributed by atoms with van der Waals surface area (Å²) in [6.07, 6.45) is 2.79. The van der Waals surface area contributed by atoms with Gasteiger partial charge in [0, 0.05) is 12.5 Å². The number of fused-ring (bicyclic) bond motifs is 1. The summed E-state index contributed by atoms with van der Waals surface area (Å²) in [5.41, 5.74) is -0.398. The minimum atomic E-state index is -0.855. The molecule has 0 radical (unpaired) electrons. The number of methoxy groups -OCH3 is 1. The molecule has 102 valence electrons. The van der Waals surface area contributed by atoms with Gasteiger partial charge in [0.2, 0.25) is 0 Å². The molecule has 1 heterocycles. The highest BCUT2D eigenvalue weighted by Crippen LogP contribution is 2.43. The normalized spacial score (nSPS) is 19.9. The molecule has 0 spiro atoms. The number of aliphatic hydroxyl groups is 1. The first-order valence-corrected chi connectivity index (χ1v) is 6.57. The van der Waals surface area contributed by atoms with E-state index in [-0.39, 0.29) is 5.58 Å². The lowest BCUT2D eigenvalue weighted by molar-refractivity contribution is -0.107. The average Bonchev–Trinajstić information content (AvgIpc) is 3.06. The summed E-state index contributed by atoms with van der Waals surface area (Å²) in [6, 6.07) is 6.45. The molecule has 19 heavy (non-hydrogen) atoms. The zero-order valence-electron chi connectivity index (χ0n) is 10.9. The SMILES string of the molecule is COC1(C(O)c2cc3cccc(F)c3o2)CCCC1. The first-order chi connectivity index (χ1) is 9.16. The van der Waals surface area contributed by atoms with Crippen molar-refractivity contribution in [1.82, 2.24) is 0 Å². The van der Waals surface area contributed by atoms with Gasteiger partial charge in [0.1, 0.15) is 17.5 Å². The van der Waals surface area contributed by atoms with Crippen LogP contribution in [0.15, 0.2) is 28.7 Å². The first-order valence-electron chi connectivity index (χ1n) is 6.57. The van der Waals surface area contributed by atoms with E-state index in [1.807, 2.05) is 0 Å². The average molecular weight is 264 g/mol. The van der Waals surface area contributed by atoms with Crippen molar-refractivity contribution in [2.45, 2.75) is 37.4 Å². The van der Waals surface area contributed by atoms with Crippen LogP contribution in [0.25, 0.3) is 11.0 Å². The maximum absolute atomic E-state index is 13.6. The third-order valence-electron chi connectivity index (χ3n) is 4.14. The molecule has 4 heteroatoms. The van der Waals surface area contributed by atoms with Gasteiger partial charge in [-0.05, 0) is 25.0 Å². The van der Waals surface area contributed by atoms with E-state index in [0.717, 1.165) is 25.7 Å². The zero-order chi connectivity index (χ0) is 13.5. The van der Waals surface area contributed by atoms with Gasteiger partial charge in [-0.1, -0.05) is 25.0 Å². The van der Waals surface area contributed by atoms with E-state index in [2.05, 4.69) is 0 Å². The number of para-hydroxylation sites is 1. The number of hydrogen-bond donors (Lipinski definition) is 1. The number of aliphatic hydroxyl groups excluding tert-OH is 1. The minimum absolute atomic E-state index is 0.195. The highest BCUT2D eigenvalue weighted by molar-refractivity contribution is 5.78. The molecule has 0 bridgehead atoms. The fourth-order valence-corrected chi connectivity index (χ4v) is 3.00. The van der Waals surface area contributed by atoms with Crippen molar-refractivity contribution in [2.75, 3.05) is 7.11 Å². The van der Waals surface area contributed by atoms with Crippen molar-refractivity contribution in [3.63, 3.8) is 0 Å². The second kappa shape index (κ2) is 4.62. The molecule has 1 atom stereocenters. The Labute approximate surface area is 111 Å². The topological polar surface area (TPSA) is 42.6 Å². The molecular weight excluding hydrogens is 247 g/mol. The van der Waals surface area contributed by atoms with Crippen LogP contribution < -0.4 is 0 Å². The van der Waals surface area contributed by atoms with Crippen LogP contribution in [0.3, 0.4) is 0 Å². The fourth-order valence-electron chi connectivity index (χ4n) is 3.00. The summed E-state index contributed by atoms with van der Waals surface area (Å²) in [4.78, 5) is 0. The lowest BCUT2D eigenvalue weighted by Gasteiger charge is -2.31. The zero-order valence-corrected chi connectivity index (χ0v) is 10.9. The van der Waals surface area contributed by atoms with Crippen LogP contribution in [0.2, 0.25) is 0 Å². The molecule has 1 saturated carbocycles. The van der Waals surface area contributed by atoms with E-state index >= 15 is 0 Å². The summed E-state index contributed by atoms with van der Waals surface area (Å²) in [5.74, 6) is -0.0299. The molecule has 0 aliphatic heterocycles. The number of ether oxygens (including phenoxy) is 1. The molecule has 3 rings (SSSR count). The predicted octanol–water partition coefficient (Wildman–Crippen LogP) is 3.56. The molecule has 1 aromatic carbocycles. The van der Waals surface area contributed by atoms with Crippen LogP contribution in [-0.2, 0) is 4.74 Å². The van der Waals surface area contributed by atoms with Crippen molar-refractivity contribution < 1.29 is 18.7 Å². The summed E-state index contributed by atoms with van der Waals surface area (Å²) in [5, 5.41) is 11.2. The summed E-state index contributed by atoms with van der Waals surface area (Å²) < 4.78 is 24.6. The Morgan fingerprint density at radius 3 is 2.74 bits per heavy atom. The molecule has 1 aromatic heterocycles. The number of benzene rings is 1. The van der Waals surface area contributed by atoms with E-state index in [0.29, 0.717) is 11.1 Å². The summed E-state index contributed by atoms with van der Waals surface area (Å²) in [7, 11) is 1.61. The first kappa shape index (κ1) is 12.6. The van der Waals surface area contributed by atoms with Gasteiger partial charge >= 0.3 is 0 Å². The molecule has 1 aliphatic rings. The number of hydrogen-bond acceptors (Lipinski definition) is 3. The van der Waals surface area contributed by atoms with Gasteiger partial charge in [-0.15, -0.1) is 0 Å². The van der Waals surface area contributed by atoms with Crippen molar-refractivity contribution in [1.29, 1.82) is 0 Å². The van der Waals surface area contributed by atoms with E-state index in [1.54, 1.807) is 25.3 Å². The Balaban J connectivity index is 2.01. The number of furan rings is 1. The summed E-state index contributed by atoms with van der Waals surface area (Å²) >= 11 is 0. The Hall–Kier alpha value is -1.39. The lowest BCUT2D eigenvalue weighted by Crippen LogP contribution is -2.35. The second-order valence-electron chi connectivity index (χ2n) is 5.19. The second-order valence-corrected chi connectivity index (χ2v) is 5.19. The highest BCUT2D eigenvalue weighted by Gasteiger charge is 2.43. The van der Waals surface area contributed by atoms with Gasteiger partial charge < -0.3 is 14.3 Å². The molecule has 3 nitrogen and oxygen atoms in total. The molecule has 2 aromatic rings. The maximum Gasteiger partial charge on any atom is 0.170 e. The Morgan fingerprint density at radius 2 is 2.11 bits per heavy atom.